The minimum Gasteiger partial charge on any atom is -0.489 e. The van der Waals surface area contributed by atoms with Crippen molar-refractivity contribution in [1.82, 2.24) is 0 Å². The van der Waals surface area contributed by atoms with Crippen molar-refractivity contribution in [3.63, 3.8) is 0 Å². The van der Waals surface area contributed by atoms with E-state index in [-0.39, 0.29) is 5.41 Å². The van der Waals surface area contributed by atoms with Crippen LogP contribution in [-0.4, -0.2) is 6.29 Å². The Bertz CT molecular complexity index is 619. The zero-order chi connectivity index (χ0) is 15.5. The molecule has 0 atom stereocenters. The van der Waals surface area contributed by atoms with Crippen LogP contribution in [0.5, 0.6) is 5.75 Å². The molecule has 0 aliphatic heterocycles. The summed E-state index contributed by atoms with van der Waals surface area (Å²) in [6.45, 7) is 9.06. The van der Waals surface area contributed by atoms with Crippen molar-refractivity contribution in [2.24, 2.45) is 0 Å². The van der Waals surface area contributed by atoms with E-state index in [1.54, 1.807) is 6.07 Å². The average molecular weight is 282 g/mol. The molecule has 0 bridgehead atoms. The molecule has 0 saturated carbocycles. The van der Waals surface area contributed by atoms with Crippen LogP contribution < -0.4 is 4.74 Å². The molecule has 0 aromatic heterocycles. The van der Waals surface area contributed by atoms with Crippen LogP contribution in [0.2, 0.25) is 0 Å². The Hall–Kier alpha value is -2.09. The third-order valence-electron chi connectivity index (χ3n) is 3.43. The van der Waals surface area contributed by atoms with Crippen LogP contribution >= 0.6 is 0 Å². The fraction of sp³-hybridized carbons (Fsp3) is 0.316. The highest BCUT2D eigenvalue weighted by atomic mass is 16.5. The Morgan fingerprint density at radius 3 is 2.29 bits per heavy atom. The fourth-order valence-corrected chi connectivity index (χ4v) is 2.20. The van der Waals surface area contributed by atoms with E-state index in [0.717, 1.165) is 23.2 Å². The van der Waals surface area contributed by atoms with Gasteiger partial charge in [-0.15, -0.1) is 0 Å². The highest BCUT2D eigenvalue weighted by Crippen LogP contribution is 2.23. The lowest BCUT2D eigenvalue weighted by Crippen LogP contribution is -2.10. The third kappa shape index (κ3) is 4.19. The number of hydrogen-bond donors (Lipinski definition) is 0. The predicted molar refractivity (Wildman–Crippen MR) is 86.0 cm³/mol. The first kappa shape index (κ1) is 15.3. The second-order valence-corrected chi connectivity index (χ2v) is 6.43. The highest BCUT2D eigenvalue weighted by Gasteiger charge is 2.12. The molecule has 0 heterocycles. The van der Waals surface area contributed by atoms with Gasteiger partial charge in [0, 0.05) is 5.56 Å². The van der Waals surface area contributed by atoms with Gasteiger partial charge in [0.25, 0.3) is 0 Å². The topological polar surface area (TPSA) is 26.3 Å². The molecule has 0 N–H and O–H groups in total. The lowest BCUT2D eigenvalue weighted by atomic mass is 9.87. The van der Waals surface area contributed by atoms with Gasteiger partial charge in [-0.25, -0.2) is 0 Å². The molecule has 0 radical (unpaired) electrons. The van der Waals surface area contributed by atoms with E-state index in [9.17, 15) is 4.79 Å². The Kier molecular flexibility index (Phi) is 4.46. The standard InChI is InChI=1S/C19H22O2/c1-14-9-16(12-20)11-18(10-14)21-13-15-5-7-17(8-6-15)19(2,3)4/h5-12H,13H2,1-4H3. The molecular formula is C19H22O2. The Morgan fingerprint density at radius 1 is 1.05 bits per heavy atom. The molecule has 0 amide bonds. The number of aldehydes is 1. The number of carbonyl (C=O) groups excluding carboxylic acids is 1. The monoisotopic (exact) mass is 282 g/mol. The summed E-state index contributed by atoms with van der Waals surface area (Å²) in [4.78, 5) is 10.9. The molecule has 2 rings (SSSR count). The number of rotatable bonds is 4. The van der Waals surface area contributed by atoms with E-state index < -0.39 is 0 Å². The Morgan fingerprint density at radius 2 is 1.71 bits per heavy atom. The summed E-state index contributed by atoms with van der Waals surface area (Å²) in [5, 5.41) is 0. The smallest absolute Gasteiger partial charge is 0.150 e. The molecule has 0 unspecified atom stereocenters. The summed E-state index contributed by atoms with van der Waals surface area (Å²) in [5.41, 5.74) is 4.27. The van der Waals surface area contributed by atoms with Gasteiger partial charge in [-0.2, -0.15) is 0 Å². The van der Waals surface area contributed by atoms with E-state index >= 15 is 0 Å². The molecule has 2 aromatic rings. The summed E-state index contributed by atoms with van der Waals surface area (Å²) in [6, 6.07) is 14.0. The summed E-state index contributed by atoms with van der Waals surface area (Å²) in [5.74, 6) is 0.733. The van der Waals surface area contributed by atoms with Crippen molar-refractivity contribution >= 4 is 6.29 Å². The first-order valence-electron chi connectivity index (χ1n) is 7.17. The van der Waals surface area contributed by atoms with Crippen molar-refractivity contribution in [3.05, 3.63) is 64.7 Å². The minimum atomic E-state index is 0.161. The molecule has 0 saturated heterocycles. The van der Waals surface area contributed by atoms with Gasteiger partial charge in [-0.1, -0.05) is 45.0 Å². The van der Waals surface area contributed by atoms with Gasteiger partial charge >= 0.3 is 0 Å². The summed E-state index contributed by atoms with van der Waals surface area (Å²) in [7, 11) is 0. The SMILES string of the molecule is Cc1cc(C=O)cc(OCc2ccc(C(C)(C)C)cc2)c1. The van der Waals surface area contributed by atoms with Crippen molar-refractivity contribution in [3.8, 4) is 5.75 Å². The van der Waals surface area contributed by atoms with Crippen molar-refractivity contribution < 1.29 is 9.53 Å². The van der Waals surface area contributed by atoms with Crippen molar-refractivity contribution in [2.75, 3.05) is 0 Å². The highest BCUT2D eigenvalue weighted by molar-refractivity contribution is 5.76. The van der Waals surface area contributed by atoms with Crippen molar-refractivity contribution in [2.45, 2.75) is 39.7 Å². The zero-order valence-corrected chi connectivity index (χ0v) is 13.1. The molecule has 2 nitrogen and oxygen atoms in total. The van der Waals surface area contributed by atoms with Gasteiger partial charge in [0.05, 0.1) is 0 Å². The van der Waals surface area contributed by atoms with E-state index in [0.29, 0.717) is 12.2 Å². The summed E-state index contributed by atoms with van der Waals surface area (Å²) >= 11 is 0. The first-order valence-corrected chi connectivity index (χ1v) is 7.17. The Balaban J connectivity index is 2.06. The van der Waals surface area contributed by atoms with Gasteiger partial charge < -0.3 is 4.74 Å². The largest absolute Gasteiger partial charge is 0.489 e. The van der Waals surface area contributed by atoms with E-state index in [4.69, 9.17) is 4.74 Å². The van der Waals surface area contributed by atoms with Crippen LogP contribution in [0.15, 0.2) is 42.5 Å². The van der Waals surface area contributed by atoms with Gasteiger partial charge in [0.2, 0.25) is 0 Å². The molecule has 2 aromatic carbocycles. The fourth-order valence-electron chi connectivity index (χ4n) is 2.20. The van der Waals surface area contributed by atoms with Crippen LogP contribution in [0.3, 0.4) is 0 Å². The predicted octanol–water partition coefficient (Wildman–Crippen LogP) is 4.68. The lowest BCUT2D eigenvalue weighted by molar-refractivity contribution is 0.112. The molecule has 0 fully saturated rings. The number of benzene rings is 2. The van der Waals surface area contributed by atoms with Crippen LogP contribution in [0.1, 0.15) is 47.8 Å². The molecule has 21 heavy (non-hydrogen) atoms. The normalized spacial score (nSPS) is 11.2. The maximum absolute atomic E-state index is 10.9. The van der Waals surface area contributed by atoms with Gasteiger partial charge in [-0.3, -0.25) is 4.79 Å². The number of carbonyl (C=O) groups is 1. The minimum absolute atomic E-state index is 0.161. The van der Waals surface area contributed by atoms with E-state index in [1.165, 1.54) is 5.56 Å². The quantitative estimate of drug-likeness (QED) is 0.761. The number of hydrogen-bond acceptors (Lipinski definition) is 2. The van der Waals surface area contributed by atoms with Crippen LogP contribution in [-0.2, 0) is 12.0 Å². The van der Waals surface area contributed by atoms with Gasteiger partial charge in [0.1, 0.15) is 18.6 Å². The molecule has 110 valence electrons. The molecule has 2 heteroatoms. The lowest BCUT2D eigenvalue weighted by Gasteiger charge is -2.19. The summed E-state index contributed by atoms with van der Waals surface area (Å²) < 4.78 is 5.78. The number of ether oxygens (including phenoxy) is 1. The molecular weight excluding hydrogens is 260 g/mol. The Labute approximate surface area is 126 Å². The average Bonchev–Trinajstić information content (AvgIpc) is 2.44. The van der Waals surface area contributed by atoms with Crippen molar-refractivity contribution in [1.29, 1.82) is 0 Å². The maximum Gasteiger partial charge on any atom is 0.150 e. The summed E-state index contributed by atoms with van der Waals surface area (Å²) in [6.07, 6.45) is 0.845. The molecule has 0 spiro atoms. The van der Waals surface area contributed by atoms with Gasteiger partial charge in [-0.05, 0) is 47.2 Å². The van der Waals surface area contributed by atoms with Crippen LogP contribution in [0.4, 0.5) is 0 Å². The number of aryl methyl sites for hydroxylation is 1. The van der Waals surface area contributed by atoms with Crippen LogP contribution in [0.25, 0.3) is 0 Å². The zero-order valence-electron chi connectivity index (χ0n) is 13.1. The maximum atomic E-state index is 10.9. The van der Waals surface area contributed by atoms with E-state index in [2.05, 4.69) is 45.0 Å². The third-order valence-corrected chi connectivity index (χ3v) is 3.43. The molecule has 0 aliphatic rings. The molecule has 0 aliphatic carbocycles. The van der Waals surface area contributed by atoms with E-state index in [1.807, 2.05) is 19.1 Å². The second kappa shape index (κ2) is 6.13. The van der Waals surface area contributed by atoms with Crippen LogP contribution in [0, 0.1) is 6.92 Å². The van der Waals surface area contributed by atoms with Gasteiger partial charge in [0.15, 0.2) is 0 Å². The first-order chi connectivity index (χ1) is 9.88. The second-order valence-electron chi connectivity index (χ2n) is 6.43.